The van der Waals surface area contributed by atoms with E-state index in [-0.39, 0.29) is 35.9 Å². The van der Waals surface area contributed by atoms with Gasteiger partial charge in [-0.2, -0.15) is 0 Å². The van der Waals surface area contributed by atoms with Crippen LogP contribution in [0.5, 0.6) is 0 Å². The minimum absolute atomic E-state index is 0. The van der Waals surface area contributed by atoms with E-state index in [9.17, 15) is 4.79 Å². The van der Waals surface area contributed by atoms with Crippen LogP contribution in [0.1, 0.15) is 22.0 Å². The molecule has 1 atom stereocenters. The zero-order chi connectivity index (χ0) is 17.8. The first kappa shape index (κ1) is 20.6. The van der Waals surface area contributed by atoms with Gasteiger partial charge in [0.15, 0.2) is 5.96 Å². The number of nitrogens with one attached hydrogen (secondary N) is 2. The number of halogens is 1. The second-order valence-electron chi connectivity index (χ2n) is 6.05. The van der Waals surface area contributed by atoms with Gasteiger partial charge in [-0.25, -0.2) is 4.98 Å². The van der Waals surface area contributed by atoms with Gasteiger partial charge in [0, 0.05) is 30.6 Å². The second-order valence-corrected chi connectivity index (χ2v) is 7.34. The summed E-state index contributed by atoms with van der Waals surface area (Å²) in [5, 5.41) is 7.74. The molecule has 0 bridgehead atoms. The van der Waals surface area contributed by atoms with E-state index in [1.165, 1.54) is 4.88 Å². The fourth-order valence-electron chi connectivity index (χ4n) is 2.95. The van der Waals surface area contributed by atoms with Crippen LogP contribution in [-0.4, -0.2) is 36.5 Å². The van der Waals surface area contributed by atoms with Gasteiger partial charge in [-0.05, 0) is 26.0 Å². The number of rotatable bonds is 4. The monoisotopic (exact) mass is 485 g/mol. The molecule has 140 valence electrons. The van der Waals surface area contributed by atoms with Gasteiger partial charge in [-0.15, -0.1) is 35.3 Å². The quantitative estimate of drug-likeness (QED) is 0.397. The number of thiazole rings is 1. The second kappa shape index (κ2) is 9.31. The number of para-hydroxylation sites is 1. The molecule has 1 saturated heterocycles. The normalized spacial score (nSPS) is 17.2. The van der Waals surface area contributed by atoms with E-state index in [0.717, 1.165) is 16.4 Å². The van der Waals surface area contributed by atoms with Gasteiger partial charge in [-0.3, -0.25) is 9.79 Å². The molecule has 1 aliphatic rings. The summed E-state index contributed by atoms with van der Waals surface area (Å²) < 4.78 is 0. The van der Waals surface area contributed by atoms with Gasteiger partial charge in [0.1, 0.15) is 0 Å². The third-order valence-corrected chi connectivity index (χ3v) is 5.25. The van der Waals surface area contributed by atoms with Crippen LogP contribution < -0.4 is 15.5 Å². The van der Waals surface area contributed by atoms with Crippen molar-refractivity contribution in [3.8, 4) is 0 Å². The molecule has 0 saturated carbocycles. The Bertz CT molecular complexity index is 777. The fraction of sp³-hybridized carbons (Fsp3) is 0.389. The third-order valence-electron chi connectivity index (χ3n) is 4.17. The Balaban J connectivity index is 0.00000243. The summed E-state index contributed by atoms with van der Waals surface area (Å²) in [6.45, 7) is 5.35. The number of aryl methyl sites for hydroxylation is 2. The summed E-state index contributed by atoms with van der Waals surface area (Å²) >= 11 is 1.69. The minimum atomic E-state index is 0. The zero-order valence-corrected chi connectivity index (χ0v) is 18.3. The Hall–Kier alpha value is -1.68. The Morgan fingerprint density at radius 2 is 2.08 bits per heavy atom. The molecule has 0 aliphatic carbocycles. The van der Waals surface area contributed by atoms with Crippen molar-refractivity contribution in [2.75, 3.05) is 18.5 Å². The highest BCUT2D eigenvalue weighted by Crippen LogP contribution is 2.21. The lowest BCUT2D eigenvalue weighted by Gasteiger charge is -2.19. The first-order valence-corrected chi connectivity index (χ1v) is 9.14. The van der Waals surface area contributed by atoms with Crippen LogP contribution >= 0.6 is 35.3 Å². The number of hydrogen-bond acceptors (Lipinski definition) is 4. The lowest BCUT2D eigenvalue weighted by molar-refractivity contribution is -0.117. The Labute approximate surface area is 175 Å². The molecule has 2 N–H and O–H groups in total. The summed E-state index contributed by atoms with van der Waals surface area (Å²) in [7, 11) is 1.74. The van der Waals surface area contributed by atoms with E-state index in [1.54, 1.807) is 18.4 Å². The lowest BCUT2D eigenvalue weighted by Crippen LogP contribution is -2.44. The van der Waals surface area contributed by atoms with E-state index in [0.29, 0.717) is 25.5 Å². The van der Waals surface area contributed by atoms with Crippen LogP contribution in [0.15, 0.2) is 35.3 Å². The molecule has 0 radical (unpaired) electrons. The molecule has 1 aromatic heterocycles. The van der Waals surface area contributed by atoms with E-state index in [2.05, 4.69) is 20.6 Å². The van der Waals surface area contributed by atoms with Crippen molar-refractivity contribution < 1.29 is 4.79 Å². The molecule has 8 heteroatoms. The number of guanidine groups is 1. The molecule has 3 rings (SSSR count). The highest BCUT2D eigenvalue weighted by Gasteiger charge is 2.31. The van der Waals surface area contributed by atoms with E-state index >= 15 is 0 Å². The molecule has 6 nitrogen and oxygen atoms in total. The average Bonchev–Trinajstić information content (AvgIpc) is 3.13. The van der Waals surface area contributed by atoms with E-state index in [1.807, 2.05) is 49.1 Å². The maximum absolute atomic E-state index is 12.3. The molecule has 1 aliphatic heterocycles. The van der Waals surface area contributed by atoms with Crippen molar-refractivity contribution in [3.63, 3.8) is 0 Å². The Morgan fingerprint density at radius 1 is 1.35 bits per heavy atom. The van der Waals surface area contributed by atoms with Crippen molar-refractivity contribution in [1.29, 1.82) is 0 Å². The number of benzene rings is 1. The van der Waals surface area contributed by atoms with Gasteiger partial charge in [0.05, 0.1) is 23.3 Å². The molecular formula is C18H24IN5OS. The fourth-order valence-corrected chi connectivity index (χ4v) is 3.83. The van der Waals surface area contributed by atoms with Crippen LogP contribution in [-0.2, 0) is 11.3 Å². The molecule has 2 heterocycles. The van der Waals surface area contributed by atoms with Gasteiger partial charge < -0.3 is 15.5 Å². The van der Waals surface area contributed by atoms with Crippen LogP contribution in [0, 0.1) is 13.8 Å². The van der Waals surface area contributed by atoms with Crippen molar-refractivity contribution in [3.05, 3.63) is 45.9 Å². The number of hydrogen-bond donors (Lipinski definition) is 2. The Kier molecular flexibility index (Phi) is 7.39. The topological polar surface area (TPSA) is 69.6 Å². The molecule has 1 fully saturated rings. The summed E-state index contributed by atoms with van der Waals surface area (Å²) in [5.41, 5.74) is 1.99. The van der Waals surface area contributed by atoms with E-state index < -0.39 is 0 Å². The first-order chi connectivity index (χ1) is 12.1. The predicted molar refractivity (Wildman–Crippen MR) is 118 cm³/mol. The Morgan fingerprint density at radius 3 is 2.69 bits per heavy atom. The number of carbonyl (C=O) groups is 1. The summed E-state index contributed by atoms with van der Waals surface area (Å²) in [5.74, 6) is 0.839. The number of nitrogens with zero attached hydrogens (tertiary/aromatic N) is 3. The summed E-state index contributed by atoms with van der Waals surface area (Å²) in [4.78, 5) is 24.0. The van der Waals surface area contributed by atoms with Crippen LogP contribution in [0.4, 0.5) is 5.69 Å². The van der Waals surface area contributed by atoms with Crippen molar-refractivity contribution in [2.24, 2.45) is 4.99 Å². The highest BCUT2D eigenvalue weighted by molar-refractivity contribution is 14.0. The predicted octanol–water partition coefficient (Wildman–Crippen LogP) is 2.85. The smallest absolute Gasteiger partial charge is 0.229 e. The number of amides is 1. The minimum Gasteiger partial charge on any atom is -0.351 e. The van der Waals surface area contributed by atoms with Gasteiger partial charge >= 0.3 is 0 Å². The third kappa shape index (κ3) is 4.94. The maximum atomic E-state index is 12.3. The maximum Gasteiger partial charge on any atom is 0.229 e. The zero-order valence-electron chi connectivity index (χ0n) is 15.2. The number of anilines is 1. The van der Waals surface area contributed by atoms with Crippen LogP contribution in [0.2, 0.25) is 0 Å². The molecular weight excluding hydrogens is 461 g/mol. The summed E-state index contributed by atoms with van der Waals surface area (Å²) in [6.07, 6.45) is 0.467. The SMILES string of the molecule is CN=C(NCc1sc(C)nc1C)NC1CC(=O)N(c2ccccc2)C1.I. The molecule has 1 amide bonds. The van der Waals surface area contributed by atoms with Gasteiger partial charge in [0.25, 0.3) is 0 Å². The number of carbonyl (C=O) groups excluding carboxylic acids is 1. The van der Waals surface area contributed by atoms with Crippen molar-refractivity contribution in [2.45, 2.75) is 32.9 Å². The van der Waals surface area contributed by atoms with Crippen LogP contribution in [0.25, 0.3) is 0 Å². The molecule has 1 unspecified atom stereocenters. The molecule has 1 aromatic carbocycles. The van der Waals surface area contributed by atoms with Gasteiger partial charge in [0.2, 0.25) is 5.91 Å². The average molecular weight is 485 g/mol. The molecule has 2 aromatic rings. The highest BCUT2D eigenvalue weighted by atomic mass is 127. The number of aliphatic imine (C=N–C) groups is 1. The van der Waals surface area contributed by atoms with Crippen molar-refractivity contribution in [1.82, 2.24) is 15.6 Å². The van der Waals surface area contributed by atoms with E-state index in [4.69, 9.17) is 0 Å². The van der Waals surface area contributed by atoms with Gasteiger partial charge in [-0.1, -0.05) is 18.2 Å². The largest absolute Gasteiger partial charge is 0.351 e. The van der Waals surface area contributed by atoms with Crippen molar-refractivity contribution >= 4 is 52.9 Å². The summed E-state index contributed by atoms with van der Waals surface area (Å²) in [6, 6.07) is 9.81. The molecule has 26 heavy (non-hydrogen) atoms. The number of aromatic nitrogens is 1. The standard InChI is InChI=1S/C18H23N5OS.HI/c1-12-16(25-13(2)21-12)10-20-18(19-3)22-14-9-17(24)23(11-14)15-7-5-4-6-8-15;/h4-8,14H,9-11H2,1-3H3,(H2,19,20,22);1H. The van der Waals surface area contributed by atoms with Crippen LogP contribution in [0.3, 0.4) is 0 Å². The lowest BCUT2D eigenvalue weighted by atomic mass is 10.2. The first-order valence-electron chi connectivity index (χ1n) is 8.32. The molecule has 0 spiro atoms.